The van der Waals surface area contributed by atoms with Crippen LogP contribution in [0.5, 0.6) is 5.75 Å². The number of fused-ring (bicyclic) bond motifs is 1. The molecule has 178 valence electrons. The van der Waals surface area contributed by atoms with E-state index in [2.05, 4.69) is 20.7 Å². The quantitative estimate of drug-likeness (QED) is 0.390. The molecule has 1 aliphatic rings. The highest BCUT2D eigenvalue weighted by Gasteiger charge is 2.31. The molecular formula is C27H26FN5O2. The average Bonchev–Trinajstić information content (AvgIpc) is 3.30. The minimum atomic E-state index is -0.292. The lowest BCUT2D eigenvalue weighted by Crippen LogP contribution is -2.28. The van der Waals surface area contributed by atoms with Crippen LogP contribution in [-0.4, -0.2) is 27.8 Å². The van der Waals surface area contributed by atoms with Gasteiger partial charge in [0.15, 0.2) is 0 Å². The minimum absolute atomic E-state index is 0.0470. The van der Waals surface area contributed by atoms with E-state index in [0.717, 1.165) is 22.4 Å². The molecule has 2 atom stereocenters. The van der Waals surface area contributed by atoms with E-state index in [-0.39, 0.29) is 29.8 Å². The first kappa shape index (κ1) is 22.6. The number of methoxy groups -OCH3 is 1. The molecule has 0 saturated heterocycles. The van der Waals surface area contributed by atoms with Gasteiger partial charge in [0.1, 0.15) is 11.6 Å². The molecule has 0 bridgehead atoms. The number of hydrogen-bond acceptors (Lipinski definition) is 5. The molecule has 0 spiro atoms. The minimum Gasteiger partial charge on any atom is -0.497 e. The Morgan fingerprint density at radius 3 is 2.49 bits per heavy atom. The Labute approximate surface area is 203 Å². The summed E-state index contributed by atoms with van der Waals surface area (Å²) in [4.78, 5) is 17.1. The number of benzene rings is 3. The van der Waals surface area contributed by atoms with Crippen molar-refractivity contribution < 1.29 is 13.9 Å². The van der Waals surface area contributed by atoms with Gasteiger partial charge in [0.2, 0.25) is 11.9 Å². The van der Waals surface area contributed by atoms with Crippen molar-refractivity contribution in [2.45, 2.75) is 31.3 Å². The number of nitrogens with zero attached hydrogens (tertiary/aromatic N) is 3. The zero-order chi connectivity index (χ0) is 24.2. The van der Waals surface area contributed by atoms with Gasteiger partial charge in [-0.3, -0.25) is 10.1 Å². The molecule has 1 aliphatic heterocycles. The van der Waals surface area contributed by atoms with Crippen molar-refractivity contribution in [1.82, 2.24) is 14.8 Å². The van der Waals surface area contributed by atoms with Gasteiger partial charge in [-0.1, -0.05) is 54.6 Å². The normalized spacial score (nSPS) is 16.7. The number of hydrogen-bond donors (Lipinski definition) is 2. The molecule has 0 saturated carbocycles. The molecule has 5 rings (SSSR count). The molecule has 1 aromatic heterocycles. The highest BCUT2D eigenvalue weighted by molar-refractivity contribution is 5.89. The largest absolute Gasteiger partial charge is 0.497 e. The summed E-state index contributed by atoms with van der Waals surface area (Å²) in [5, 5.41) is 10.8. The first-order valence-electron chi connectivity index (χ1n) is 11.6. The second kappa shape index (κ2) is 9.97. The van der Waals surface area contributed by atoms with Crippen LogP contribution in [-0.2, 0) is 11.2 Å². The molecule has 0 fully saturated rings. The molecule has 1 amide bonds. The van der Waals surface area contributed by atoms with E-state index < -0.39 is 0 Å². The van der Waals surface area contributed by atoms with Crippen LogP contribution in [0, 0.1) is 5.82 Å². The molecule has 3 aromatic carbocycles. The van der Waals surface area contributed by atoms with Crippen molar-refractivity contribution in [3.8, 4) is 5.75 Å². The van der Waals surface area contributed by atoms with E-state index in [1.807, 2.05) is 54.6 Å². The number of halogens is 1. The number of aryl methyl sites for hydroxylation is 1. The van der Waals surface area contributed by atoms with Crippen molar-refractivity contribution in [3.63, 3.8) is 0 Å². The molecule has 2 heterocycles. The van der Waals surface area contributed by atoms with E-state index in [1.54, 1.807) is 23.9 Å². The van der Waals surface area contributed by atoms with Crippen LogP contribution in [0.15, 0.2) is 78.9 Å². The van der Waals surface area contributed by atoms with Crippen LogP contribution >= 0.6 is 0 Å². The first-order valence-corrected chi connectivity index (χ1v) is 11.6. The predicted molar refractivity (Wildman–Crippen MR) is 132 cm³/mol. The summed E-state index contributed by atoms with van der Waals surface area (Å²) < 4.78 is 20.6. The summed E-state index contributed by atoms with van der Waals surface area (Å²) in [7, 11) is 1.64. The molecule has 7 nitrogen and oxygen atoms in total. The molecule has 0 aliphatic carbocycles. The van der Waals surface area contributed by atoms with Crippen LogP contribution in [0.1, 0.15) is 41.6 Å². The summed E-state index contributed by atoms with van der Waals surface area (Å²) in [5.74, 6) is 1.13. The van der Waals surface area contributed by atoms with Gasteiger partial charge in [0, 0.05) is 6.42 Å². The Morgan fingerprint density at radius 2 is 1.77 bits per heavy atom. The van der Waals surface area contributed by atoms with Gasteiger partial charge in [0.05, 0.1) is 19.2 Å². The van der Waals surface area contributed by atoms with E-state index >= 15 is 0 Å². The Kier molecular flexibility index (Phi) is 6.43. The lowest BCUT2D eigenvalue weighted by Gasteiger charge is -2.31. The fourth-order valence-electron chi connectivity index (χ4n) is 4.34. The number of amides is 1. The smallest absolute Gasteiger partial charge is 0.250 e. The highest BCUT2D eigenvalue weighted by atomic mass is 19.1. The SMILES string of the molecule is COc1ccc([C@H]2C[C@H](c3ccc(F)cc3)n3nc(NC(=O)CCc4ccccc4)nc3N2)cc1. The van der Waals surface area contributed by atoms with Gasteiger partial charge >= 0.3 is 0 Å². The number of ether oxygens (including phenoxy) is 1. The van der Waals surface area contributed by atoms with Crippen LogP contribution in [0.2, 0.25) is 0 Å². The third-order valence-electron chi connectivity index (χ3n) is 6.20. The van der Waals surface area contributed by atoms with Gasteiger partial charge in [-0.05, 0) is 53.8 Å². The van der Waals surface area contributed by atoms with Crippen molar-refractivity contribution in [2.24, 2.45) is 0 Å². The van der Waals surface area contributed by atoms with E-state index in [0.29, 0.717) is 25.2 Å². The second-order valence-electron chi connectivity index (χ2n) is 8.51. The molecule has 2 N–H and O–H groups in total. The van der Waals surface area contributed by atoms with Crippen molar-refractivity contribution in [1.29, 1.82) is 0 Å². The first-order chi connectivity index (χ1) is 17.1. The number of anilines is 2. The van der Waals surface area contributed by atoms with Gasteiger partial charge < -0.3 is 10.1 Å². The van der Waals surface area contributed by atoms with E-state index in [9.17, 15) is 9.18 Å². The van der Waals surface area contributed by atoms with Crippen LogP contribution < -0.4 is 15.4 Å². The standard InChI is InChI=1S/C27H26FN5O2/c1-35-22-14-10-19(11-15-22)23-17-24(20-8-12-21(28)13-9-20)33-27(29-23)31-26(32-33)30-25(34)16-7-18-5-3-2-4-6-18/h2-6,8-15,23-24H,7,16-17H2,1H3,(H2,29,30,31,32,34)/t23-,24-/m1/s1. The van der Waals surface area contributed by atoms with Crippen LogP contribution in [0.25, 0.3) is 0 Å². The van der Waals surface area contributed by atoms with Gasteiger partial charge in [-0.2, -0.15) is 4.98 Å². The van der Waals surface area contributed by atoms with E-state index in [4.69, 9.17) is 4.74 Å². The molecule has 35 heavy (non-hydrogen) atoms. The van der Waals surface area contributed by atoms with E-state index in [1.165, 1.54) is 12.1 Å². The predicted octanol–water partition coefficient (Wildman–Crippen LogP) is 5.14. The maximum atomic E-state index is 13.6. The van der Waals surface area contributed by atoms with Gasteiger partial charge in [0.25, 0.3) is 5.95 Å². The summed E-state index contributed by atoms with van der Waals surface area (Å²) in [5.41, 5.74) is 3.08. The number of nitrogens with one attached hydrogen (secondary N) is 2. The molecular weight excluding hydrogens is 445 g/mol. The van der Waals surface area contributed by atoms with Crippen molar-refractivity contribution >= 4 is 17.8 Å². The molecule has 0 radical (unpaired) electrons. The maximum Gasteiger partial charge on any atom is 0.250 e. The third-order valence-corrected chi connectivity index (χ3v) is 6.20. The zero-order valence-electron chi connectivity index (χ0n) is 19.3. The Morgan fingerprint density at radius 1 is 1.06 bits per heavy atom. The fraction of sp³-hybridized carbons (Fsp3) is 0.222. The molecule has 0 unspecified atom stereocenters. The monoisotopic (exact) mass is 471 g/mol. The lowest BCUT2D eigenvalue weighted by molar-refractivity contribution is -0.116. The fourth-order valence-corrected chi connectivity index (χ4v) is 4.34. The Bertz CT molecular complexity index is 1290. The Balaban J connectivity index is 1.38. The number of carbonyl (C=O) groups is 1. The third kappa shape index (κ3) is 5.16. The molecule has 8 heteroatoms. The summed E-state index contributed by atoms with van der Waals surface area (Å²) in [6.45, 7) is 0. The summed E-state index contributed by atoms with van der Waals surface area (Å²) >= 11 is 0. The van der Waals surface area contributed by atoms with Gasteiger partial charge in [-0.15, -0.1) is 5.10 Å². The highest BCUT2D eigenvalue weighted by Crippen LogP contribution is 2.38. The number of aromatic nitrogens is 3. The second-order valence-corrected chi connectivity index (χ2v) is 8.51. The zero-order valence-corrected chi connectivity index (χ0v) is 19.3. The van der Waals surface area contributed by atoms with Crippen molar-refractivity contribution in [3.05, 3.63) is 101 Å². The topological polar surface area (TPSA) is 81.1 Å². The van der Waals surface area contributed by atoms with Crippen molar-refractivity contribution in [2.75, 3.05) is 17.7 Å². The maximum absolute atomic E-state index is 13.6. The Hall–Kier alpha value is -4.20. The summed E-state index contributed by atoms with van der Waals surface area (Å²) in [6.07, 6.45) is 1.64. The van der Waals surface area contributed by atoms with Crippen LogP contribution in [0.3, 0.4) is 0 Å². The number of rotatable bonds is 7. The molecule has 4 aromatic rings. The lowest BCUT2D eigenvalue weighted by atomic mass is 9.93. The van der Waals surface area contributed by atoms with Crippen LogP contribution in [0.4, 0.5) is 16.3 Å². The van der Waals surface area contributed by atoms with Gasteiger partial charge in [-0.25, -0.2) is 9.07 Å². The average molecular weight is 472 g/mol. The number of carbonyl (C=O) groups excluding carboxylic acids is 1. The summed E-state index contributed by atoms with van der Waals surface area (Å²) in [6, 6.07) is 23.9.